The van der Waals surface area contributed by atoms with Crippen molar-refractivity contribution in [1.82, 2.24) is 4.90 Å². The molecule has 1 aromatic rings. The number of aliphatic hydroxyl groups is 1. The van der Waals surface area contributed by atoms with Crippen LogP contribution in [-0.2, 0) is 16.0 Å². The maximum absolute atomic E-state index is 12.1. The van der Waals surface area contributed by atoms with Crippen molar-refractivity contribution in [3.05, 3.63) is 23.8 Å². The SMILES string of the molecule is CC1(Cc2ccc3c(c2)OCO3)CCC(=O)N(CCOCCO)C1. The highest BCUT2D eigenvalue weighted by Crippen LogP contribution is 2.37. The van der Waals surface area contributed by atoms with Gasteiger partial charge in [-0.05, 0) is 36.0 Å². The van der Waals surface area contributed by atoms with E-state index in [1.807, 2.05) is 17.0 Å². The van der Waals surface area contributed by atoms with E-state index in [2.05, 4.69) is 13.0 Å². The van der Waals surface area contributed by atoms with Crippen molar-refractivity contribution in [1.29, 1.82) is 0 Å². The van der Waals surface area contributed by atoms with Gasteiger partial charge in [-0.25, -0.2) is 0 Å². The first-order chi connectivity index (χ1) is 11.6. The summed E-state index contributed by atoms with van der Waals surface area (Å²) in [5.74, 6) is 1.79. The van der Waals surface area contributed by atoms with Gasteiger partial charge in [0.15, 0.2) is 11.5 Å². The van der Waals surface area contributed by atoms with Gasteiger partial charge in [0.25, 0.3) is 0 Å². The Kier molecular flexibility index (Phi) is 5.26. The molecule has 6 nitrogen and oxygen atoms in total. The Morgan fingerprint density at radius 1 is 1.29 bits per heavy atom. The number of hydrogen-bond acceptors (Lipinski definition) is 5. The molecular formula is C18H25NO5. The molecule has 0 spiro atoms. The van der Waals surface area contributed by atoms with E-state index in [1.54, 1.807) is 0 Å². The Hall–Kier alpha value is -1.79. The maximum Gasteiger partial charge on any atom is 0.231 e. The summed E-state index contributed by atoms with van der Waals surface area (Å²) in [6.07, 6.45) is 2.35. The Morgan fingerprint density at radius 3 is 2.96 bits per heavy atom. The molecule has 0 radical (unpaired) electrons. The summed E-state index contributed by atoms with van der Waals surface area (Å²) in [6.45, 7) is 4.61. The van der Waals surface area contributed by atoms with Crippen molar-refractivity contribution < 1.29 is 24.1 Å². The van der Waals surface area contributed by atoms with Gasteiger partial charge in [-0.15, -0.1) is 0 Å². The predicted molar refractivity (Wildman–Crippen MR) is 88.1 cm³/mol. The van der Waals surface area contributed by atoms with E-state index < -0.39 is 0 Å². The molecule has 0 bridgehead atoms. The van der Waals surface area contributed by atoms with Crippen LogP contribution in [0.5, 0.6) is 11.5 Å². The van der Waals surface area contributed by atoms with E-state index in [9.17, 15) is 4.79 Å². The van der Waals surface area contributed by atoms with Crippen LogP contribution in [0.15, 0.2) is 18.2 Å². The standard InChI is InChI=1S/C18H25NO5/c1-18(11-14-2-3-15-16(10-14)24-13-23-15)5-4-17(21)19(12-18)6-8-22-9-7-20/h2-3,10,20H,4-9,11-13H2,1H3. The van der Waals surface area contributed by atoms with Crippen LogP contribution in [0.2, 0.25) is 0 Å². The number of fused-ring (bicyclic) bond motifs is 1. The molecule has 1 aromatic carbocycles. The van der Waals surface area contributed by atoms with Crippen molar-refractivity contribution in [3.8, 4) is 11.5 Å². The fourth-order valence-electron chi connectivity index (χ4n) is 3.43. The maximum atomic E-state index is 12.1. The number of nitrogens with zero attached hydrogens (tertiary/aromatic N) is 1. The van der Waals surface area contributed by atoms with Gasteiger partial charge >= 0.3 is 0 Å². The average Bonchev–Trinajstić information content (AvgIpc) is 3.02. The van der Waals surface area contributed by atoms with Crippen LogP contribution < -0.4 is 9.47 Å². The van der Waals surface area contributed by atoms with E-state index in [1.165, 1.54) is 5.56 Å². The lowest BCUT2D eigenvalue weighted by Crippen LogP contribution is -2.47. The van der Waals surface area contributed by atoms with Gasteiger partial charge in [0.2, 0.25) is 12.7 Å². The highest BCUT2D eigenvalue weighted by molar-refractivity contribution is 5.77. The summed E-state index contributed by atoms with van der Waals surface area (Å²) in [5.41, 5.74) is 1.24. The molecule has 1 saturated heterocycles. The van der Waals surface area contributed by atoms with Crippen molar-refractivity contribution >= 4 is 5.91 Å². The molecular weight excluding hydrogens is 310 g/mol. The molecule has 1 N–H and O–H groups in total. The van der Waals surface area contributed by atoms with Gasteiger partial charge in [0, 0.05) is 19.5 Å². The Labute approximate surface area is 142 Å². The molecule has 1 atom stereocenters. The van der Waals surface area contributed by atoms with Gasteiger partial charge < -0.3 is 24.2 Å². The minimum absolute atomic E-state index is 0.00970. The zero-order valence-corrected chi connectivity index (χ0v) is 14.1. The Morgan fingerprint density at radius 2 is 2.12 bits per heavy atom. The molecule has 1 fully saturated rings. The smallest absolute Gasteiger partial charge is 0.231 e. The van der Waals surface area contributed by atoms with Gasteiger partial charge in [-0.3, -0.25) is 4.79 Å². The number of amides is 1. The lowest BCUT2D eigenvalue weighted by Gasteiger charge is -2.40. The summed E-state index contributed by atoms with van der Waals surface area (Å²) in [5, 5.41) is 8.74. The van der Waals surface area contributed by atoms with Crippen LogP contribution in [-0.4, -0.2) is 55.6 Å². The molecule has 0 aromatic heterocycles. The minimum atomic E-state index is 0.00970. The van der Waals surface area contributed by atoms with E-state index in [0.717, 1.165) is 30.9 Å². The zero-order chi connectivity index (χ0) is 17.0. The van der Waals surface area contributed by atoms with Crippen molar-refractivity contribution in [2.45, 2.75) is 26.2 Å². The third-order valence-corrected chi connectivity index (χ3v) is 4.68. The summed E-state index contributed by atoms with van der Waals surface area (Å²) >= 11 is 0. The second-order valence-corrected chi connectivity index (χ2v) is 6.83. The van der Waals surface area contributed by atoms with Gasteiger partial charge in [0.05, 0.1) is 19.8 Å². The van der Waals surface area contributed by atoms with E-state index in [0.29, 0.717) is 26.2 Å². The van der Waals surface area contributed by atoms with Crippen LogP contribution in [0.4, 0.5) is 0 Å². The van der Waals surface area contributed by atoms with Crippen LogP contribution in [0.25, 0.3) is 0 Å². The van der Waals surface area contributed by atoms with Crippen LogP contribution in [0, 0.1) is 5.41 Å². The molecule has 2 heterocycles. The molecule has 0 saturated carbocycles. The Bertz CT molecular complexity index is 591. The number of carbonyl (C=O) groups is 1. The monoisotopic (exact) mass is 335 g/mol. The number of benzene rings is 1. The molecule has 3 rings (SSSR count). The number of hydrogen-bond donors (Lipinski definition) is 1. The first-order valence-electron chi connectivity index (χ1n) is 8.45. The highest BCUT2D eigenvalue weighted by atomic mass is 16.7. The van der Waals surface area contributed by atoms with Crippen molar-refractivity contribution in [2.75, 3.05) is 39.7 Å². The molecule has 24 heavy (non-hydrogen) atoms. The van der Waals surface area contributed by atoms with Crippen molar-refractivity contribution in [3.63, 3.8) is 0 Å². The lowest BCUT2D eigenvalue weighted by molar-refractivity contribution is -0.138. The topological polar surface area (TPSA) is 68.2 Å². The van der Waals surface area contributed by atoms with E-state index in [4.69, 9.17) is 19.3 Å². The van der Waals surface area contributed by atoms with Crippen LogP contribution in [0.1, 0.15) is 25.3 Å². The number of rotatable bonds is 7. The van der Waals surface area contributed by atoms with Gasteiger partial charge in [-0.2, -0.15) is 0 Å². The first-order valence-corrected chi connectivity index (χ1v) is 8.45. The molecule has 2 aliphatic heterocycles. The second-order valence-electron chi connectivity index (χ2n) is 6.83. The number of ether oxygens (including phenoxy) is 3. The summed E-state index contributed by atoms with van der Waals surface area (Å²) in [4.78, 5) is 14.0. The fourth-order valence-corrected chi connectivity index (χ4v) is 3.43. The first kappa shape index (κ1) is 17.0. The van der Waals surface area contributed by atoms with E-state index >= 15 is 0 Å². The van der Waals surface area contributed by atoms with E-state index in [-0.39, 0.29) is 24.7 Å². The second kappa shape index (κ2) is 7.40. The molecule has 1 unspecified atom stereocenters. The number of likely N-dealkylation sites (tertiary alicyclic amines) is 1. The Balaban J connectivity index is 1.60. The lowest BCUT2D eigenvalue weighted by atomic mass is 9.76. The van der Waals surface area contributed by atoms with Gasteiger partial charge in [-0.1, -0.05) is 13.0 Å². The normalized spacial score (nSPS) is 22.9. The fraction of sp³-hybridized carbons (Fsp3) is 0.611. The zero-order valence-electron chi connectivity index (χ0n) is 14.1. The van der Waals surface area contributed by atoms with Gasteiger partial charge in [0.1, 0.15) is 0 Å². The van der Waals surface area contributed by atoms with Crippen molar-refractivity contribution in [2.24, 2.45) is 5.41 Å². The summed E-state index contributed by atoms with van der Waals surface area (Å²) in [7, 11) is 0. The summed E-state index contributed by atoms with van der Waals surface area (Å²) < 4.78 is 16.1. The third kappa shape index (κ3) is 3.99. The molecule has 0 aliphatic carbocycles. The minimum Gasteiger partial charge on any atom is -0.454 e. The molecule has 6 heteroatoms. The molecule has 1 amide bonds. The number of piperidine rings is 1. The summed E-state index contributed by atoms with van der Waals surface area (Å²) in [6, 6.07) is 6.07. The highest BCUT2D eigenvalue weighted by Gasteiger charge is 2.35. The third-order valence-electron chi connectivity index (χ3n) is 4.68. The van der Waals surface area contributed by atoms with Crippen LogP contribution in [0.3, 0.4) is 0 Å². The molecule has 132 valence electrons. The number of aliphatic hydroxyl groups excluding tert-OH is 1. The average molecular weight is 335 g/mol. The quantitative estimate of drug-likeness (QED) is 0.767. The largest absolute Gasteiger partial charge is 0.454 e. The van der Waals surface area contributed by atoms with Crippen LogP contribution >= 0.6 is 0 Å². The molecule has 2 aliphatic rings. The number of carbonyl (C=O) groups excluding carboxylic acids is 1. The predicted octanol–water partition coefficient (Wildman–Crippen LogP) is 1.60.